The molecule has 1 heterocycles. The van der Waals surface area contributed by atoms with Crippen LogP contribution < -0.4 is 0 Å². The van der Waals surface area contributed by atoms with Crippen LogP contribution in [0.5, 0.6) is 0 Å². The minimum Gasteiger partial charge on any atom is -0.481 e. The van der Waals surface area contributed by atoms with Crippen LogP contribution in [0.3, 0.4) is 0 Å². The van der Waals surface area contributed by atoms with Crippen molar-refractivity contribution >= 4 is 5.97 Å². The molecule has 0 aliphatic rings. The summed E-state index contributed by atoms with van der Waals surface area (Å²) in [5.41, 5.74) is 6.90. The molecule has 4 aromatic rings. The number of carboxylic acid groups (broad SMARTS) is 1. The van der Waals surface area contributed by atoms with Gasteiger partial charge in [0.25, 0.3) is 0 Å². The van der Waals surface area contributed by atoms with E-state index in [1.165, 1.54) is 48.1 Å². The number of hydrogen-bond donors (Lipinski definition) is 1. The highest BCUT2D eigenvalue weighted by Gasteiger charge is 2.21. The van der Waals surface area contributed by atoms with Crippen molar-refractivity contribution in [3.8, 4) is 33.6 Å². The van der Waals surface area contributed by atoms with Crippen LogP contribution in [0.1, 0.15) is 57.8 Å². The molecule has 0 spiro atoms. The molecule has 36 heavy (non-hydrogen) atoms. The number of unbranched alkanes of at least 4 members (excludes halogenated alkanes) is 7. The van der Waals surface area contributed by atoms with Crippen LogP contribution in [0.25, 0.3) is 33.6 Å². The summed E-state index contributed by atoms with van der Waals surface area (Å²) in [7, 11) is 0. The molecule has 0 unspecified atom stereocenters. The van der Waals surface area contributed by atoms with E-state index < -0.39 is 5.97 Å². The summed E-state index contributed by atoms with van der Waals surface area (Å²) in [5, 5.41) is 13.9. The Hall–Kier alpha value is -3.66. The number of rotatable bonds is 14. The van der Waals surface area contributed by atoms with E-state index in [1.807, 2.05) is 6.07 Å². The normalized spacial score (nSPS) is 11.0. The minimum absolute atomic E-state index is 0.295. The van der Waals surface area contributed by atoms with E-state index >= 15 is 0 Å². The Morgan fingerprint density at radius 2 is 1.08 bits per heavy atom. The maximum Gasteiger partial charge on any atom is 0.303 e. The molecule has 0 saturated carbocycles. The van der Waals surface area contributed by atoms with Gasteiger partial charge in [-0.3, -0.25) is 9.48 Å². The monoisotopic (exact) mass is 480 g/mol. The van der Waals surface area contributed by atoms with Crippen LogP contribution in [0.15, 0.2) is 91.0 Å². The Kier molecular flexibility index (Phi) is 9.49. The first kappa shape index (κ1) is 25.4. The summed E-state index contributed by atoms with van der Waals surface area (Å²) in [6.07, 6.45) is 9.10. The van der Waals surface area contributed by atoms with Crippen LogP contribution in [0.2, 0.25) is 0 Å². The Labute approximate surface area is 214 Å². The van der Waals surface area contributed by atoms with Gasteiger partial charge in [0, 0.05) is 29.7 Å². The highest BCUT2D eigenvalue weighted by Crippen LogP contribution is 2.40. The number of carboxylic acids is 1. The second-order valence-corrected chi connectivity index (χ2v) is 9.37. The average Bonchev–Trinajstić information content (AvgIpc) is 3.30. The lowest BCUT2D eigenvalue weighted by molar-refractivity contribution is -0.137. The molecule has 4 heteroatoms. The van der Waals surface area contributed by atoms with Crippen molar-refractivity contribution < 1.29 is 9.90 Å². The van der Waals surface area contributed by atoms with Gasteiger partial charge >= 0.3 is 5.97 Å². The van der Waals surface area contributed by atoms with E-state index in [2.05, 4.69) is 89.6 Å². The van der Waals surface area contributed by atoms with Crippen LogP contribution in [-0.2, 0) is 11.3 Å². The predicted octanol–water partition coefficient (Wildman–Crippen LogP) is 8.48. The molecular formula is C32H36N2O2. The molecule has 0 fully saturated rings. The van der Waals surface area contributed by atoms with Gasteiger partial charge in [0.05, 0.1) is 5.69 Å². The van der Waals surface area contributed by atoms with Crippen LogP contribution in [0, 0.1) is 0 Å². The lowest BCUT2D eigenvalue weighted by atomic mass is 9.96. The molecule has 0 aliphatic carbocycles. The van der Waals surface area contributed by atoms with E-state index in [1.54, 1.807) is 0 Å². The second kappa shape index (κ2) is 13.4. The summed E-state index contributed by atoms with van der Waals surface area (Å²) < 4.78 is 2.21. The number of aromatic nitrogens is 2. The maximum absolute atomic E-state index is 10.6. The van der Waals surface area contributed by atoms with Gasteiger partial charge in [0.15, 0.2) is 0 Å². The van der Waals surface area contributed by atoms with Gasteiger partial charge in [0.2, 0.25) is 0 Å². The predicted molar refractivity (Wildman–Crippen MR) is 148 cm³/mol. The van der Waals surface area contributed by atoms with Crippen LogP contribution in [-0.4, -0.2) is 20.9 Å². The zero-order valence-electron chi connectivity index (χ0n) is 21.0. The number of hydrogen-bond acceptors (Lipinski definition) is 2. The maximum atomic E-state index is 10.6. The van der Waals surface area contributed by atoms with Crippen LogP contribution in [0.4, 0.5) is 0 Å². The Balaban J connectivity index is 1.50. The van der Waals surface area contributed by atoms with Crippen molar-refractivity contribution in [3.63, 3.8) is 0 Å². The number of nitrogens with zero attached hydrogens (tertiary/aromatic N) is 2. The number of carbonyl (C=O) groups is 1. The molecule has 0 saturated heterocycles. The SMILES string of the molecule is O=C(O)CCCCCCCCCCn1nc(-c2ccccc2)c(-c2ccccc2)c1-c1ccccc1. The first-order chi connectivity index (χ1) is 17.7. The minimum atomic E-state index is -0.686. The van der Waals surface area contributed by atoms with Crippen molar-refractivity contribution in [3.05, 3.63) is 91.0 Å². The number of aliphatic carboxylic acids is 1. The summed E-state index contributed by atoms with van der Waals surface area (Å²) in [4.78, 5) is 10.6. The standard InChI is InChI=1S/C32H36N2O2/c35-29(36)24-16-5-3-1-2-4-6-17-25-34-32(28-22-14-9-15-23-28)30(26-18-10-7-11-19-26)31(33-34)27-20-12-8-13-21-27/h7-15,18-23H,1-6,16-17,24-25H2,(H,35,36). The quantitative estimate of drug-likeness (QED) is 0.184. The van der Waals surface area contributed by atoms with Gasteiger partial charge in [-0.1, -0.05) is 130 Å². The molecule has 0 aliphatic heterocycles. The summed E-state index contributed by atoms with van der Waals surface area (Å²) in [5.74, 6) is -0.686. The molecule has 3 aromatic carbocycles. The summed E-state index contributed by atoms with van der Waals surface area (Å²) in [6.45, 7) is 0.884. The molecule has 186 valence electrons. The lowest BCUT2D eigenvalue weighted by Gasteiger charge is -2.11. The second-order valence-electron chi connectivity index (χ2n) is 9.37. The van der Waals surface area contributed by atoms with Gasteiger partial charge in [-0.15, -0.1) is 0 Å². The molecule has 1 aromatic heterocycles. The lowest BCUT2D eigenvalue weighted by Crippen LogP contribution is -2.03. The fourth-order valence-corrected chi connectivity index (χ4v) is 4.79. The third-order valence-electron chi connectivity index (χ3n) is 6.62. The van der Waals surface area contributed by atoms with Gasteiger partial charge in [0.1, 0.15) is 5.69 Å². The fourth-order valence-electron chi connectivity index (χ4n) is 4.79. The Morgan fingerprint density at radius 3 is 1.64 bits per heavy atom. The van der Waals surface area contributed by atoms with E-state index in [0.717, 1.165) is 43.5 Å². The summed E-state index contributed by atoms with van der Waals surface area (Å²) >= 11 is 0. The summed E-state index contributed by atoms with van der Waals surface area (Å²) in [6, 6.07) is 31.7. The molecule has 4 nitrogen and oxygen atoms in total. The molecule has 0 atom stereocenters. The largest absolute Gasteiger partial charge is 0.481 e. The van der Waals surface area contributed by atoms with Crippen molar-refractivity contribution in [2.45, 2.75) is 64.3 Å². The van der Waals surface area contributed by atoms with Gasteiger partial charge < -0.3 is 5.11 Å². The molecular weight excluding hydrogens is 444 g/mol. The Morgan fingerprint density at radius 1 is 0.611 bits per heavy atom. The molecule has 0 bridgehead atoms. The van der Waals surface area contributed by atoms with E-state index in [4.69, 9.17) is 10.2 Å². The average molecular weight is 481 g/mol. The zero-order chi connectivity index (χ0) is 25.0. The number of benzene rings is 3. The molecule has 4 rings (SSSR count). The first-order valence-corrected chi connectivity index (χ1v) is 13.2. The van der Waals surface area contributed by atoms with Gasteiger partial charge in [-0.2, -0.15) is 5.10 Å². The topological polar surface area (TPSA) is 55.1 Å². The van der Waals surface area contributed by atoms with Gasteiger partial charge in [-0.25, -0.2) is 0 Å². The van der Waals surface area contributed by atoms with Crippen molar-refractivity contribution in [1.29, 1.82) is 0 Å². The molecule has 0 radical (unpaired) electrons. The molecule has 0 amide bonds. The molecule has 1 N–H and O–H groups in total. The van der Waals surface area contributed by atoms with Gasteiger partial charge in [-0.05, 0) is 18.4 Å². The first-order valence-electron chi connectivity index (χ1n) is 13.2. The smallest absolute Gasteiger partial charge is 0.303 e. The Bertz CT molecular complexity index is 1200. The number of aryl methyl sites for hydroxylation is 1. The van der Waals surface area contributed by atoms with E-state index in [0.29, 0.717) is 6.42 Å². The van der Waals surface area contributed by atoms with Crippen LogP contribution >= 0.6 is 0 Å². The van der Waals surface area contributed by atoms with E-state index in [9.17, 15) is 4.79 Å². The third-order valence-corrected chi connectivity index (χ3v) is 6.62. The highest BCUT2D eigenvalue weighted by atomic mass is 16.4. The van der Waals surface area contributed by atoms with Crippen molar-refractivity contribution in [2.75, 3.05) is 0 Å². The fraction of sp³-hybridized carbons (Fsp3) is 0.312. The zero-order valence-corrected chi connectivity index (χ0v) is 21.0. The van der Waals surface area contributed by atoms with Crippen molar-refractivity contribution in [2.24, 2.45) is 0 Å². The van der Waals surface area contributed by atoms with Crippen molar-refractivity contribution in [1.82, 2.24) is 9.78 Å². The van der Waals surface area contributed by atoms with E-state index in [-0.39, 0.29) is 0 Å². The third kappa shape index (κ3) is 6.94. The highest BCUT2D eigenvalue weighted by molar-refractivity contribution is 5.91.